The molecule has 2 aromatic heterocycles. The van der Waals surface area contributed by atoms with Crippen LogP contribution >= 0.6 is 0 Å². The molecule has 0 bridgehead atoms. The van der Waals surface area contributed by atoms with Crippen LogP contribution in [-0.4, -0.2) is 46.5 Å². The number of nitrogens with one attached hydrogen (secondary N) is 1. The van der Waals surface area contributed by atoms with Gasteiger partial charge >= 0.3 is 0 Å². The minimum Gasteiger partial charge on any atom is -0.360 e. The highest BCUT2D eigenvalue weighted by atomic mass is 16.5. The van der Waals surface area contributed by atoms with Crippen LogP contribution in [0.3, 0.4) is 0 Å². The van der Waals surface area contributed by atoms with Crippen molar-refractivity contribution < 1.29 is 14.1 Å². The predicted molar refractivity (Wildman–Crippen MR) is 123 cm³/mol. The van der Waals surface area contributed by atoms with Crippen LogP contribution in [0.25, 0.3) is 11.3 Å². The van der Waals surface area contributed by atoms with Gasteiger partial charge in [-0.1, -0.05) is 41.6 Å². The molecule has 2 amide bonds. The molecule has 7 heteroatoms. The molecule has 3 heterocycles. The minimum absolute atomic E-state index is 0.0395. The van der Waals surface area contributed by atoms with E-state index in [1.807, 2.05) is 53.4 Å². The molecule has 1 aliphatic heterocycles. The van der Waals surface area contributed by atoms with Gasteiger partial charge in [0.1, 0.15) is 17.0 Å². The summed E-state index contributed by atoms with van der Waals surface area (Å²) in [6, 6.07) is 15.5. The Balaban J connectivity index is 1.16. The molecule has 1 aliphatic carbocycles. The van der Waals surface area contributed by atoms with Gasteiger partial charge in [0.15, 0.2) is 0 Å². The smallest absolute Gasteiger partial charge is 0.259 e. The Kier molecular flexibility index (Phi) is 5.70. The van der Waals surface area contributed by atoms with Crippen molar-refractivity contribution in [2.45, 2.75) is 32.6 Å². The van der Waals surface area contributed by atoms with Crippen molar-refractivity contribution in [3.63, 3.8) is 0 Å². The van der Waals surface area contributed by atoms with Crippen LogP contribution in [0, 0.1) is 18.3 Å². The largest absolute Gasteiger partial charge is 0.360 e. The lowest BCUT2D eigenvalue weighted by molar-refractivity contribution is -0.123. The Bertz CT molecular complexity index is 1130. The van der Waals surface area contributed by atoms with Gasteiger partial charge < -0.3 is 14.7 Å². The van der Waals surface area contributed by atoms with E-state index in [0.29, 0.717) is 36.7 Å². The number of aryl methyl sites for hydroxylation is 1. The van der Waals surface area contributed by atoms with E-state index in [0.717, 1.165) is 36.9 Å². The number of nitrogens with zero attached hydrogens (tertiary/aromatic N) is 3. The summed E-state index contributed by atoms with van der Waals surface area (Å²) in [5.41, 5.74) is 3.02. The molecule has 1 spiro atoms. The van der Waals surface area contributed by atoms with Crippen LogP contribution in [0.5, 0.6) is 0 Å². The fourth-order valence-electron chi connectivity index (χ4n) is 4.98. The summed E-state index contributed by atoms with van der Waals surface area (Å²) in [6.45, 7) is 3.68. The van der Waals surface area contributed by atoms with Crippen LogP contribution in [0.4, 0.5) is 0 Å². The van der Waals surface area contributed by atoms with Crippen molar-refractivity contribution in [3.05, 3.63) is 71.7 Å². The maximum atomic E-state index is 13.3. The van der Waals surface area contributed by atoms with Crippen molar-refractivity contribution in [1.82, 2.24) is 20.4 Å². The third-order valence-corrected chi connectivity index (χ3v) is 7.08. The van der Waals surface area contributed by atoms with E-state index in [1.54, 1.807) is 13.1 Å². The molecule has 1 saturated carbocycles. The number of aromatic nitrogens is 2. The Hall–Kier alpha value is -3.48. The SMILES string of the molecule is Cc1onc(-c2ccccc2)c1C(=O)N1CCC2(CC1)C[C@H]2C(=O)NCCc1ccccn1. The summed E-state index contributed by atoms with van der Waals surface area (Å²) in [7, 11) is 0. The molecule has 33 heavy (non-hydrogen) atoms. The zero-order valence-corrected chi connectivity index (χ0v) is 18.8. The van der Waals surface area contributed by atoms with Crippen molar-refractivity contribution in [3.8, 4) is 11.3 Å². The van der Waals surface area contributed by atoms with Gasteiger partial charge in [0, 0.05) is 49.4 Å². The number of carbonyl (C=O) groups excluding carboxylic acids is 2. The zero-order chi connectivity index (χ0) is 22.8. The number of piperidine rings is 1. The van der Waals surface area contributed by atoms with Crippen LogP contribution in [0.15, 0.2) is 59.3 Å². The summed E-state index contributed by atoms with van der Waals surface area (Å²) < 4.78 is 5.38. The lowest BCUT2D eigenvalue weighted by atomic mass is 9.90. The lowest BCUT2D eigenvalue weighted by Crippen LogP contribution is -2.41. The fourth-order valence-corrected chi connectivity index (χ4v) is 4.98. The van der Waals surface area contributed by atoms with Crippen molar-refractivity contribution in [1.29, 1.82) is 0 Å². The average Bonchev–Trinajstić information content (AvgIpc) is 3.41. The van der Waals surface area contributed by atoms with Gasteiger partial charge in [0.05, 0.1) is 0 Å². The zero-order valence-electron chi connectivity index (χ0n) is 18.8. The number of hydrogen-bond donors (Lipinski definition) is 1. The van der Waals surface area contributed by atoms with E-state index in [2.05, 4.69) is 15.5 Å². The number of rotatable bonds is 6. The molecule has 1 aromatic carbocycles. The molecule has 0 radical (unpaired) electrons. The molecule has 5 rings (SSSR count). The average molecular weight is 445 g/mol. The van der Waals surface area contributed by atoms with Crippen molar-refractivity contribution in [2.24, 2.45) is 11.3 Å². The molecule has 170 valence electrons. The van der Waals surface area contributed by atoms with Gasteiger partial charge in [-0.3, -0.25) is 14.6 Å². The van der Waals surface area contributed by atoms with Crippen LogP contribution in [0.2, 0.25) is 0 Å². The van der Waals surface area contributed by atoms with Gasteiger partial charge in [-0.15, -0.1) is 0 Å². The van der Waals surface area contributed by atoms with Gasteiger partial charge in [0.2, 0.25) is 5.91 Å². The topological polar surface area (TPSA) is 88.3 Å². The van der Waals surface area contributed by atoms with Crippen molar-refractivity contribution >= 4 is 11.8 Å². The molecule has 1 saturated heterocycles. The minimum atomic E-state index is -0.0422. The van der Waals surface area contributed by atoms with Crippen LogP contribution in [0.1, 0.15) is 41.1 Å². The molecule has 2 aliphatic rings. The first-order valence-corrected chi connectivity index (χ1v) is 11.6. The summed E-state index contributed by atoms with van der Waals surface area (Å²) >= 11 is 0. The monoisotopic (exact) mass is 444 g/mol. The number of benzene rings is 1. The Morgan fingerprint density at radius 1 is 1.12 bits per heavy atom. The molecule has 0 unspecified atom stereocenters. The van der Waals surface area contributed by atoms with E-state index < -0.39 is 0 Å². The standard InChI is InChI=1S/C26H28N4O3/c1-18-22(23(29-33-18)19-7-3-2-4-8-19)25(32)30-15-11-26(12-16-30)17-21(26)24(31)28-14-10-20-9-5-6-13-27-20/h2-9,13,21H,10-12,14-17H2,1H3,(H,28,31)/t21-/m0/s1. The maximum Gasteiger partial charge on any atom is 0.259 e. The first-order chi connectivity index (χ1) is 16.1. The summed E-state index contributed by atoms with van der Waals surface area (Å²) in [5, 5.41) is 7.22. The molecule has 1 atom stereocenters. The molecule has 1 N–H and O–H groups in total. The van der Waals surface area contributed by atoms with Crippen molar-refractivity contribution in [2.75, 3.05) is 19.6 Å². The molecule has 3 aromatic rings. The third kappa shape index (κ3) is 4.27. The summed E-state index contributed by atoms with van der Waals surface area (Å²) in [5.74, 6) is 0.679. The molecule has 2 fully saturated rings. The highest BCUT2D eigenvalue weighted by molar-refractivity contribution is 6.00. The Morgan fingerprint density at radius 3 is 2.61 bits per heavy atom. The second-order valence-electron chi connectivity index (χ2n) is 9.10. The number of hydrogen-bond acceptors (Lipinski definition) is 5. The van der Waals surface area contributed by atoms with E-state index in [-0.39, 0.29) is 23.1 Å². The van der Waals surface area contributed by atoms with E-state index in [1.165, 1.54) is 0 Å². The predicted octanol–water partition coefficient (Wildman–Crippen LogP) is 3.65. The highest BCUT2D eigenvalue weighted by Gasteiger charge is 2.58. The van der Waals surface area contributed by atoms with E-state index >= 15 is 0 Å². The van der Waals surface area contributed by atoms with E-state index in [9.17, 15) is 9.59 Å². The van der Waals surface area contributed by atoms with Gasteiger partial charge in [-0.05, 0) is 43.7 Å². The van der Waals surface area contributed by atoms with Crippen LogP contribution in [-0.2, 0) is 11.2 Å². The van der Waals surface area contributed by atoms with Gasteiger partial charge in [-0.2, -0.15) is 0 Å². The first kappa shape index (κ1) is 21.4. The number of amides is 2. The molecular formula is C26H28N4O3. The van der Waals surface area contributed by atoms with Crippen LogP contribution < -0.4 is 5.32 Å². The molecule has 7 nitrogen and oxygen atoms in total. The second kappa shape index (κ2) is 8.81. The first-order valence-electron chi connectivity index (χ1n) is 11.6. The normalized spacial score (nSPS) is 18.8. The Morgan fingerprint density at radius 2 is 1.88 bits per heavy atom. The highest BCUT2D eigenvalue weighted by Crippen LogP contribution is 2.59. The Labute approximate surface area is 193 Å². The number of carbonyl (C=O) groups is 2. The molecular weight excluding hydrogens is 416 g/mol. The quantitative estimate of drug-likeness (QED) is 0.627. The third-order valence-electron chi connectivity index (χ3n) is 7.08. The van der Waals surface area contributed by atoms with Gasteiger partial charge in [-0.25, -0.2) is 0 Å². The fraction of sp³-hybridized carbons (Fsp3) is 0.385. The van der Waals surface area contributed by atoms with E-state index in [4.69, 9.17) is 4.52 Å². The van der Waals surface area contributed by atoms with Gasteiger partial charge in [0.25, 0.3) is 5.91 Å². The maximum absolute atomic E-state index is 13.3. The second-order valence-corrected chi connectivity index (χ2v) is 9.10. The number of pyridine rings is 1. The summed E-state index contributed by atoms with van der Waals surface area (Å²) in [4.78, 5) is 32.2. The summed E-state index contributed by atoms with van der Waals surface area (Å²) in [6.07, 6.45) is 5.11. The number of likely N-dealkylation sites (tertiary alicyclic amines) is 1. The lowest BCUT2D eigenvalue weighted by Gasteiger charge is -2.33.